The molecule has 0 fully saturated rings. The Morgan fingerprint density at radius 1 is 1.15 bits per heavy atom. The first-order valence-corrected chi connectivity index (χ1v) is 8.68. The number of fused-ring (bicyclic) bond motifs is 1. The predicted molar refractivity (Wildman–Crippen MR) is 100 cm³/mol. The number of carbonyl (C=O) groups excluding carboxylic acids is 1. The fraction of sp³-hybridized carbons (Fsp3) is 0.350. The number of rotatable bonds is 5. The molecule has 2 aromatic heterocycles. The van der Waals surface area contributed by atoms with E-state index >= 15 is 0 Å². The lowest BCUT2D eigenvalue weighted by Crippen LogP contribution is -2.36. The van der Waals surface area contributed by atoms with E-state index in [1.807, 2.05) is 53.1 Å². The summed E-state index contributed by atoms with van der Waals surface area (Å²) in [7, 11) is 0. The molecule has 1 amide bonds. The first-order chi connectivity index (χ1) is 12.3. The number of aromatic nitrogens is 3. The van der Waals surface area contributed by atoms with E-state index in [-0.39, 0.29) is 11.3 Å². The number of amides is 1. The van der Waals surface area contributed by atoms with Crippen LogP contribution in [0, 0.1) is 0 Å². The van der Waals surface area contributed by atoms with Crippen molar-refractivity contribution < 1.29 is 9.53 Å². The third kappa shape index (κ3) is 4.02. The lowest BCUT2D eigenvalue weighted by molar-refractivity contribution is -0.127. The van der Waals surface area contributed by atoms with Crippen molar-refractivity contribution in [3.8, 4) is 5.75 Å². The Morgan fingerprint density at radius 2 is 1.88 bits per heavy atom. The van der Waals surface area contributed by atoms with Crippen molar-refractivity contribution in [1.29, 1.82) is 0 Å². The van der Waals surface area contributed by atoms with Crippen molar-refractivity contribution in [3.63, 3.8) is 0 Å². The molecule has 1 atom stereocenters. The summed E-state index contributed by atoms with van der Waals surface area (Å²) in [6.45, 7) is 8.50. The topological polar surface area (TPSA) is 68.5 Å². The highest BCUT2D eigenvalue weighted by Gasteiger charge is 2.17. The summed E-state index contributed by atoms with van der Waals surface area (Å²) < 4.78 is 7.59. The second-order valence-corrected chi connectivity index (χ2v) is 7.30. The summed E-state index contributed by atoms with van der Waals surface area (Å²) in [4.78, 5) is 12.3. The molecule has 0 saturated carbocycles. The first-order valence-electron chi connectivity index (χ1n) is 8.68. The first kappa shape index (κ1) is 17.9. The molecule has 6 heteroatoms. The standard InChI is InChI=1S/C20H24N4O2/c1-14(26-16-10-8-15(9-11-16)20(2,3)4)19(25)21-13-18-23-22-17-7-5-6-12-24(17)18/h5-12,14H,13H2,1-4H3,(H,21,25)/t14-/m0/s1. The lowest BCUT2D eigenvalue weighted by atomic mass is 9.87. The maximum absolute atomic E-state index is 12.3. The lowest BCUT2D eigenvalue weighted by Gasteiger charge is -2.20. The van der Waals surface area contributed by atoms with E-state index in [4.69, 9.17) is 4.74 Å². The molecule has 0 spiro atoms. The van der Waals surface area contributed by atoms with E-state index < -0.39 is 6.10 Å². The fourth-order valence-electron chi connectivity index (χ4n) is 2.61. The van der Waals surface area contributed by atoms with Gasteiger partial charge in [0.25, 0.3) is 5.91 Å². The molecule has 3 aromatic rings. The Labute approximate surface area is 153 Å². The van der Waals surface area contributed by atoms with Crippen molar-refractivity contribution in [2.45, 2.75) is 45.8 Å². The minimum atomic E-state index is -0.602. The quantitative estimate of drug-likeness (QED) is 0.766. The Hall–Kier alpha value is -2.89. The zero-order valence-electron chi connectivity index (χ0n) is 15.6. The predicted octanol–water partition coefficient (Wildman–Crippen LogP) is 3.11. The molecule has 0 radical (unpaired) electrons. The van der Waals surface area contributed by atoms with Crippen LogP contribution in [0.4, 0.5) is 0 Å². The molecule has 1 aromatic carbocycles. The van der Waals surface area contributed by atoms with Crippen molar-refractivity contribution in [3.05, 3.63) is 60.0 Å². The summed E-state index contributed by atoms with van der Waals surface area (Å²) in [6, 6.07) is 13.5. The van der Waals surface area contributed by atoms with Gasteiger partial charge in [-0.2, -0.15) is 0 Å². The Kier molecular flexibility index (Phi) is 4.93. The van der Waals surface area contributed by atoms with Crippen LogP contribution >= 0.6 is 0 Å². The third-order valence-corrected chi connectivity index (χ3v) is 4.21. The van der Waals surface area contributed by atoms with Crippen molar-refractivity contribution >= 4 is 11.6 Å². The second kappa shape index (κ2) is 7.15. The molecular weight excluding hydrogens is 328 g/mol. The van der Waals surface area contributed by atoms with Gasteiger partial charge in [0.1, 0.15) is 5.75 Å². The van der Waals surface area contributed by atoms with Gasteiger partial charge in [-0.05, 0) is 42.2 Å². The fourth-order valence-corrected chi connectivity index (χ4v) is 2.61. The van der Waals surface area contributed by atoms with E-state index in [2.05, 4.69) is 36.3 Å². The van der Waals surface area contributed by atoms with Crippen LogP contribution < -0.4 is 10.1 Å². The van der Waals surface area contributed by atoms with E-state index in [9.17, 15) is 4.79 Å². The summed E-state index contributed by atoms with van der Waals surface area (Å²) in [5.74, 6) is 1.15. The largest absolute Gasteiger partial charge is 0.481 e. The number of hydrogen-bond acceptors (Lipinski definition) is 4. The zero-order chi connectivity index (χ0) is 18.7. The normalized spacial score (nSPS) is 12.8. The van der Waals surface area contributed by atoms with Gasteiger partial charge in [-0.3, -0.25) is 9.20 Å². The van der Waals surface area contributed by atoms with E-state index in [0.29, 0.717) is 18.1 Å². The highest BCUT2D eigenvalue weighted by atomic mass is 16.5. The maximum atomic E-state index is 12.3. The number of nitrogens with zero attached hydrogens (tertiary/aromatic N) is 3. The average molecular weight is 352 g/mol. The minimum absolute atomic E-state index is 0.0859. The number of hydrogen-bond donors (Lipinski definition) is 1. The number of benzene rings is 1. The smallest absolute Gasteiger partial charge is 0.261 e. The van der Waals surface area contributed by atoms with Crippen LogP contribution in [0.15, 0.2) is 48.7 Å². The summed E-state index contributed by atoms with van der Waals surface area (Å²) in [5, 5.41) is 11.0. The van der Waals surface area contributed by atoms with Gasteiger partial charge in [-0.1, -0.05) is 39.0 Å². The van der Waals surface area contributed by atoms with Crippen molar-refractivity contribution in [2.24, 2.45) is 0 Å². The molecule has 0 aliphatic carbocycles. The minimum Gasteiger partial charge on any atom is -0.481 e. The Bertz CT molecular complexity index is 894. The SMILES string of the molecule is C[C@H](Oc1ccc(C(C)(C)C)cc1)C(=O)NCc1nnc2ccccn12. The van der Waals surface area contributed by atoms with Gasteiger partial charge in [0.2, 0.25) is 0 Å². The second-order valence-electron chi connectivity index (χ2n) is 7.30. The van der Waals surface area contributed by atoms with Gasteiger partial charge < -0.3 is 10.1 Å². The molecule has 3 rings (SSSR count). The molecular formula is C20H24N4O2. The van der Waals surface area contributed by atoms with Gasteiger partial charge in [-0.25, -0.2) is 0 Å². The molecule has 2 heterocycles. The Balaban J connectivity index is 1.58. The highest BCUT2D eigenvalue weighted by Crippen LogP contribution is 2.24. The number of nitrogens with one attached hydrogen (secondary N) is 1. The van der Waals surface area contributed by atoms with Gasteiger partial charge in [-0.15, -0.1) is 10.2 Å². The highest BCUT2D eigenvalue weighted by molar-refractivity contribution is 5.80. The summed E-state index contributed by atoms with van der Waals surface area (Å²) >= 11 is 0. The zero-order valence-corrected chi connectivity index (χ0v) is 15.6. The van der Waals surface area contributed by atoms with Gasteiger partial charge >= 0.3 is 0 Å². The molecule has 26 heavy (non-hydrogen) atoms. The third-order valence-electron chi connectivity index (χ3n) is 4.21. The van der Waals surface area contributed by atoms with E-state index in [0.717, 1.165) is 5.65 Å². The molecule has 6 nitrogen and oxygen atoms in total. The number of pyridine rings is 1. The number of carbonyl (C=O) groups is 1. The number of ether oxygens (including phenoxy) is 1. The van der Waals surface area contributed by atoms with Crippen LogP contribution in [0.3, 0.4) is 0 Å². The summed E-state index contributed by atoms with van der Waals surface area (Å²) in [5.41, 5.74) is 2.06. The van der Waals surface area contributed by atoms with Crippen LogP contribution in [0.25, 0.3) is 5.65 Å². The van der Waals surface area contributed by atoms with Crippen LogP contribution in [0.2, 0.25) is 0 Å². The summed E-state index contributed by atoms with van der Waals surface area (Å²) in [6.07, 6.45) is 1.27. The van der Waals surface area contributed by atoms with Crippen molar-refractivity contribution in [1.82, 2.24) is 19.9 Å². The van der Waals surface area contributed by atoms with E-state index in [1.165, 1.54) is 5.56 Å². The molecule has 136 valence electrons. The van der Waals surface area contributed by atoms with Crippen LogP contribution in [-0.2, 0) is 16.8 Å². The van der Waals surface area contributed by atoms with E-state index in [1.54, 1.807) is 6.92 Å². The van der Waals surface area contributed by atoms with Crippen LogP contribution in [-0.4, -0.2) is 26.6 Å². The van der Waals surface area contributed by atoms with Gasteiger partial charge in [0.05, 0.1) is 6.54 Å². The monoisotopic (exact) mass is 352 g/mol. The average Bonchev–Trinajstić information content (AvgIpc) is 3.02. The molecule has 0 unspecified atom stereocenters. The van der Waals surface area contributed by atoms with Crippen molar-refractivity contribution in [2.75, 3.05) is 0 Å². The maximum Gasteiger partial charge on any atom is 0.261 e. The molecule has 0 aliphatic heterocycles. The molecule has 0 aliphatic rings. The molecule has 0 bridgehead atoms. The van der Waals surface area contributed by atoms with Crippen LogP contribution in [0.5, 0.6) is 5.75 Å². The molecule has 0 saturated heterocycles. The Morgan fingerprint density at radius 3 is 2.58 bits per heavy atom. The van der Waals surface area contributed by atoms with Crippen LogP contribution in [0.1, 0.15) is 39.1 Å². The molecule has 1 N–H and O–H groups in total. The van der Waals surface area contributed by atoms with Gasteiger partial charge in [0, 0.05) is 6.20 Å². The van der Waals surface area contributed by atoms with Gasteiger partial charge in [0.15, 0.2) is 17.6 Å².